The molecular formula is C13H25N3O. The van der Waals surface area contributed by atoms with Crippen molar-refractivity contribution < 1.29 is 4.79 Å². The average molecular weight is 239 g/mol. The Hall–Kier alpha value is -1.06. The minimum absolute atomic E-state index is 0.0570. The van der Waals surface area contributed by atoms with Gasteiger partial charge in [0.25, 0.3) is 0 Å². The van der Waals surface area contributed by atoms with Crippen molar-refractivity contribution in [3.63, 3.8) is 0 Å². The number of nitrogens with zero attached hydrogens (tertiary/aromatic N) is 1. The molecule has 17 heavy (non-hydrogen) atoms. The van der Waals surface area contributed by atoms with Gasteiger partial charge in [0, 0.05) is 11.5 Å². The van der Waals surface area contributed by atoms with Crippen LogP contribution >= 0.6 is 0 Å². The van der Waals surface area contributed by atoms with Crippen LogP contribution in [0.2, 0.25) is 0 Å². The molecule has 0 aromatic carbocycles. The number of carbonyl (C=O) groups is 1. The van der Waals surface area contributed by atoms with Crippen LogP contribution in [-0.2, 0) is 4.79 Å². The molecule has 4 heteroatoms. The molecule has 1 saturated carbocycles. The molecule has 0 spiro atoms. The minimum Gasteiger partial charge on any atom is -0.387 e. The molecule has 3 N–H and O–H groups in total. The molecule has 1 rings (SSSR count). The van der Waals surface area contributed by atoms with E-state index < -0.39 is 6.04 Å². The number of nitrogens with one attached hydrogen (secondary N) is 1. The Labute approximate surface area is 104 Å². The van der Waals surface area contributed by atoms with Gasteiger partial charge in [-0.3, -0.25) is 9.79 Å². The van der Waals surface area contributed by atoms with E-state index in [0.717, 1.165) is 12.8 Å². The molecule has 0 saturated heterocycles. The van der Waals surface area contributed by atoms with Crippen LogP contribution < -0.4 is 11.1 Å². The summed E-state index contributed by atoms with van der Waals surface area (Å²) in [6, 6.07) is -0.394. The van der Waals surface area contributed by atoms with Crippen molar-refractivity contribution in [1.82, 2.24) is 5.32 Å². The molecule has 0 bridgehead atoms. The molecule has 1 aliphatic carbocycles. The lowest BCUT2D eigenvalue weighted by Crippen LogP contribution is -2.45. The SMILES string of the molecule is CC(N=C(N)C1CCCC1)C(=O)NC(C)(C)C. The predicted octanol–water partition coefficient (Wildman–Crippen LogP) is 1.84. The van der Waals surface area contributed by atoms with E-state index in [4.69, 9.17) is 5.73 Å². The van der Waals surface area contributed by atoms with Crippen molar-refractivity contribution in [3.8, 4) is 0 Å². The molecule has 1 unspecified atom stereocenters. The first-order valence-electron chi connectivity index (χ1n) is 6.45. The van der Waals surface area contributed by atoms with Crippen molar-refractivity contribution >= 4 is 11.7 Å². The van der Waals surface area contributed by atoms with Gasteiger partial charge in [-0.05, 0) is 40.5 Å². The molecule has 0 aromatic heterocycles. The van der Waals surface area contributed by atoms with Crippen LogP contribution in [0.25, 0.3) is 0 Å². The van der Waals surface area contributed by atoms with Crippen molar-refractivity contribution in [3.05, 3.63) is 0 Å². The number of hydrogen-bond donors (Lipinski definition) is 2. The number of amidine groups is 1. The maximum atomic E-state index is 11.8. The van der Waals surface area contributed by atoms with E-state index >= 15 is 0 Å². The largest absolute Gasteiger partial charge is 0.387 e. The van der Waals surface area contributed by atoms with E-state index in [1.807, 2.05) is 20.8 Å². The van der Waals surface area contributed by atoms with E-state index in [2.05, 4.69) is 10.3 Å². The summed E-state index contributed by atoms with van der Waals surface area (Å²) in [5.41, 5.74) is 5.73. The summed E-state index contributed by atoms with van der Waals surface area (Å²) in [7, 11) is 0. The van der Waals surface area contributed by atoms with Gasteiger partial charge in [0.05, 0.1) is 5.84 Å². The minimum atomic E-state index is -0.394. The fraction of sp³-hybridized carbons (Fsp3) is 0.846. The zero-order valence-corrected chi connectivity index (χ0v) is 11.4. The Morgan fingerprint density at radius 2 is 1.88 bits per heavy atom. The monoisotopic (exact) mass is 239 g/mol. The first-order chi connectivity index (χ1) is 7.79. The molecule has 1 atom stereocenters. The van der Waals surface area contributed by atoms with Gasteiger partial charge in [0.1, 0.15) is 6.04 Å². The lowest BCUT2D eigenvalue weighted by atomic mass is 10.1. The highest BCUT2D eigenvalue weighted by Gasteiger charge is 2.22. The standard InChI is InChI=1S/C13H25N3O/c1-9(12(17)16-13(2,3)4)15-11(14)10-7-5-6-8-10/h9-10H,5-8H2,1-4H3,(H2,14,15)(H,16,17). The molecule has 0 aromatic rings. The Kier molecular flexibility index (Phi) is 4.54. The first-order valence-corrected chi connectivity index (χ1v) is 6.45. The first kappa shape index (κ1) is 14.0. The van der Waals surface area contributed by atoms with Crippen LogP contribution in [-0.4, -0.2) is 23.3 Å². The Bertz CT molecular complexity index is 298. The van der Waals surface area contributed by atoms with Crippen LogP contribution in [0.15, 0.2) is 4.99 Å². The van der Waals surface area contributed by atoms with E-state index in [-0.39, 0.29) is 11.4 Å². The van der Waals surface area contributed by atoms with E-state index in [1.54, 1.807) is 6.92 Å². The Morgan fingerprint density at radius 1 is 1.35 bits per heavy atom. The number of amides is 1. The van der Waals surface area contributed by atoms with Gasteiger partial charge >= 0.3 is 0 Å². The lowest BCUT2D eigenvalue weighted by Gasteiger charge is -2.22. The zero-order chi connectivity index (χ0) is 13.1. The number of rotatable bonds is 3. The molecule has 1 aliphatic rings. The zero-order valence-electron chi connectivity index (χ0n) is 11.4. The van der Waals surface area contributed by atoms with Gasteiger partial charge in [0.15, 0.2) is 0 Å². The summed E-state index contributed by atoms with van der Waals surface area (Å²) in [6.07, 6.45) is 4.68. The Balaban J connectivity index is 2.54. The highest BCUT2D eigenvalue weighted by Crippen LogP contribution is 2.24. The average Bonchev–Trinajstić information content (AvgIpc) is 2.67. The van der Waals surface area contributed by atoms with Gasteiger partial charge in [-0.15, -0.1) is 0 Å². The highest BCUT2D eigenvalue weighted by molar-refractivity contribution is 5.88. The number of carbonyl (C=O) groups excluding carboxylic acids is 1. The predicted molar refractivity (Wildman–Crippen MR) is 70.9 cm³/mol. The van der Waals surface area contributed by atoms with E-state index in [0.29, 0.717) is 11.8 Å². The van der Waals surface area contributed by atoms with Gasteiger partial charge in [-0.2, -0.15) is 0 Å². The third kappa shape index (κ3) is 4.75. The lowest BCUT2D eigenvalue weighted by molar-refractivity contribution is -0.123. The summed E-state index contributed by atoms with van der Waals surface area (Å²) >= 11 is 0. The molecule has 0 heterocycles. The molecule has 0 radical (unpaired) electrons. The van der Waals surface area contributed by atoms with E-state index in [1.165, 1.54) is 12.8 Å². The second-order valence-electron chi connectivity index (χ2n) is 5.95. The summed E-state index contributed by atoms with van der Waals surface area (Å²) in [5.74, 6) is 0.984. The number of nitrogens with two attached hydrogens (primary N) is 1. The summed E-state index contributed by atoms with van der Waals surface area (Å²) < 4.78 is 0. The maximum absolute atomic E-state index is 11.8. The van der Waals surface area contributed by atoms with Gasteiger partial charge in [-0.1, -0.05) is 12.8 Å². The number of aliphatic imine (C=N–C) groups is 1. The normalized spacial score (nSPS) is 20.4. The maximum Gasteiger partial charge on any atom is 0.244 e. The molecule has 1 amide bonds. The van der Waals surface area contributed by atoms with Crippen molar-refractivity contribution in [2.24, 2.45) is 16.6 Å². The third-order valence-electron chi connectivity index (χ3n) is 2.99. The summed E-state index contributed by atoms with van der Waals surface area (Å²) in [5, 5.41) is 2.91. The number of hydrogen-bond acceptors (Lipinski definition) is 2. The Morgan fingerprint density at radius 3 is 2.35 bits per heavy atom. The molecule has 1 fully saturated rings. The van der Waals surface area contributed by atoms with Crippen LogP contribution in [0.5, 0.6) is 0 Å². The van der Waals surface area contributed by atoms with Gasteiger partial charge in [0.2, 0.25) is 5.91 Å². The summed E-state index contributed by atoms with van der Waals surface area (Å²) in [6.45, 7) is 7.67. The smallest absolute Gasteiger partial charge is 0.244 e. The molecule has 0 aliphatic heterocycles. The molecule has 98 valence electrons. The molecular weight excluding hydrogens is 214 g/mol. The van der Waals surface area contributed by atoms with Crippen LogP contribution in [0.3, 0.4) is 0 Å². The van der Waals surface area contributed by atoms with E-state index in [9.17, 15) is 4.79 Å². The van der Waals surface area contributed by atoms with Crippen molar-refractivity contribution in [1.29, 1.82) is 0 Å². The van der Waals surface area contributed by atoms with Crippen molar-refractivity contribution in [2.45, 2.75) is 65.0 Å². The van der Waals surface area contributed by atoms with Crippen molar-refractivity contribution in [2.75, 3.05) is 0 Å². The molecule has 4 nitrogen and oxygen atoms in total. The van der Waals surface area contributed by atoms with Gasteiger partial charge < -0.3 is 11.1 Å². The third-order valence-corrected chi connectivity index (χ3v) is 2.99. The second kappa shape index (κ2) is 5.52. The fourth-order valence-corrected chi connectivity index (χ4v) is 2.08. The van der Waals surface area contributed by atoms with Crippen LogP contribution in [0.4, 0.5) is 0 Å². The fourth-order valence-electron chi connectivity index (χ4n) is 2.08. The summed E-state index contributed by atoms with van der Waals surface area (Å²) in [4.78, 5) is 16.2. The quantitative estimate of drug-likeness (QED) is 0.583. The second-order valence-corrected chi connectivity index (χ2v) is 5.95. The van der Waals surface area contributed by atoms with Crippen LogP contribution in [0.1, 0.15) is 53.4 Å². The topological polar surface area (TPSA) is 67.5 Å². The highest BCUT2D eigenvalue weighted by atomic mass is 16.2. The van der Waals surface area contributed by atoms with Crippen LogP contribution in [0, 0.1) is 5.92 Å². The van der Waals surface area contributed by atoms with Gasteiger partial charge in [-0.25, -0.2) is 0 Å².